The molecule has 1 atom stereocenters. The van der Waals surface area contributed by atoms with E-state index >= 15 is 0 Å². The fourth-order valence-electron chi connectivity index (χ4n) is 3.65. The summed E-state index contributed by atoms with van der Waals surface area (Å²) >= 11 is 0. The minimum absolute atomic E-state index is 0.0373. The van der Waals surface area contributed by atoms with E-state index in [0.717, 1.165) is 48.9 Å². The van der Waals surface area contributed by atoms with Crippen LogP contribution in [0.1, 0.15) is 38.3 Å². The first-order chi connectivity index (χ1) is 15.1. The molecule has 1 aliphatic heterocycles. The number of nitrogens with zero attached hydrogens (tertiary/aromatic N) is 2. The Morgan fingerprint density at radius 3 is 2.55 bits per heavy atom. The van der Waals surface area contributed by atoms with Crippen molar-refractivity contribution in [2.24, 2.45) is 10.9 Å². The maximum absolute atomic E-state index is 12.3. The second-order valence-electron chi connectivity index (χ2n) is 8.13. The topological polar surface area (TPSA) is 66.0 Å². The molecule has 2 aromatic rings. The zero-order chi connectivity index (χ0) is 22.1. The van der Waals surface area contributed by atoms with E-state index in [1.165, 1.54) is 0 Å². The van der Waals surface area contributed by atoms with Gasteiger partial charge in [0.1, 0.15) is 12.4 Å². The minimum Gasteiger partial charge on any atom is -0.489 e. The van der Waals surface area contributed by atoms with Gasteiger partial charge in [-0.2, -0.15) is 0 Å². The van der Waals surface area contributed by atoms with Crippen molar-refractivity contribution < 1.29 is 9.53 Å². The fraction of sp³-hybridized carbons (Fsp3) is 0.440. The summed E-state index contributed by atoms with van der Waals surface area (Å²) in [5, 5.41) is 6.83. The van der Waals surface area contributed by atoms with Crippen LogP contribution in [0.4, 0.5) is 0 Å². The van der Waals surface area contributed by atoms with Crippen molar-refractivity contribution in [3.63, 3.8) is 0 Å². The maximum Gasteiger partial charge on any atom is 0.225 e. The highest BCUT2D eigenvalue weighted by atomic mass is 16.5. The van der Waals surface area contributed by atoms with Crippen LogP contribution in [0.5, 0.6) is 5.75 Å². The molecule has 0 aromatic heterocycles. The second-order valence-corrected chi connectivity index (χ2v) is 8.13. The van der Waals surface area contributed by atoms with Gasteiger partial charge in [-0.15, -0.1) is 0 Å². The summed E-state index contributed by atoms with van der Waals surface area (Å²) < 4.78 is 5.93. The number of hydrogen-bond acceptors (Lipinski definition) is 3. The van der Waals surface area contributed by atoms with Crippen LogP contribution in [0.2, 0.25) is 0 Å². The van der Waals surface area contributed by atoms with Crippen LogP contribution in [-0.2, 0) is 17.9 Å². The number of para-hydroxylation sites is 1. The van der Waals surface area contributed by atoms with Crippen LogP contribution in [0, 0.1) is 5.92 Å². The van der Waals surface area contributed by atoms with E-state index in [2.05, 4.69) is 29.7 Å². The molecule has 1 aliphatic rings. The Bertz CT molecular complexity index is 867. The van der Waals surface area contributed by atoms with Crippen molar-refractivity contribution in [2.75, 3.05) is 19.6 Å². The van der Waals surface area contributed by atoms with Crippen LogP contribution in [-0.4, -0.2) is 42.4 Å². The lowest BCUT2D eigenvalue weighted by Gasteiger charge is -2.20. The van der Waals surface area contributed by atoms with Gasteiger partial charge in [-0.25, -0.2) is 4.99 Å². The van der Waals surface area contributed by atoms with E-state index in [0.29, 0.717) is 13.2 Å². The van der Waals surface area contributed by atoms with Gasteiger partial charge in [0.05, 0.1) is 6.54 Å². The highest BCUT2D eigenvalue weighted by Gasteiger charge is 2.27. The lowest BCUT2D eigenvalue weighted by atomic mass is 10.1. The summed E-state index contributed by atoms with van der Waals surface area (Å²) in [4.78, 5) is 19.0. The first-order valence-corrected chi connectivity index (χ1v) is 11.1. The molecule has 1 amide bonds. The quantitative estimate of drug-likeness (QED) is 0.504. The van der Waals surface area contributed by atoms with Gasteiger partial charge >= 0.3 is 0 Å². The molecule has 3 rings (SSSR count). The van der Waals surface area contributed by atoms with Crippen LogP contribution in [0.25, 0.3) is 0 Å². The molecule has 1 saturated heterocycles. The first kappa shape index (κ1) is 22.7. The number of rotatable bonds is 8. The molecule has 2 N–H and O–H groups in total. The number of guanidine groups is 1. The summed E-state index contributed by atoms with van der Waals surface area (Å²) in [7, 11) is 0. The smallest absolute Gasteiger partial charge is 0.225 e. The molecule has 1 fully saturated rings. The normalized spacial score (nSPS) is 16.5. The molecule has 0 bridgehead atoms. The predicted molar refractivity (Wildman–Crippen MR) is 125 cm³/mol. The molecule has 1 heterocycles. The van der Waals surface area contributed by atoms with Crippen molar-refractivity contribution in [2.45, 2.75) is 46.4 Å². The molecule has 0 radical (unpaired) electrons. The average molecular weight is 423 g/mol. The molecule has 0 aliphatic carbocycles. The highest BCUT2D eigenvalue weighted by Crippen LogP contribution is 2.16. The Balaban J connectivity index is 1.61. The molecule has 0 spiro atoms. The number of benzene rings is 2. The number of carbonyl (C=O) groups is 1. The zero-order valence-corrected chi connectivity index (χ0v) is 18.8. The lowest BCUT2D eigenvalue weighted by molar-refractivity contribution is -0.133. The number of hydrogen-bond donors (Lipinski definition) is 2. The molecule has 2 aromatic carbocycles. The summed E-state index contributed by atoms with van der Waals surface area (Å²) in [5.41, 5.74) is 2.26. The van der Waals surface area contributed by atoms with E-state index in [4.69, 9.17) is 9.73 Å². The average Bonchev–Trinajstić information content (AvgIpc) is 3.25. The summed E-state index contributed by atoms with van der Waals surface area (Å²) in [6.07, 6.45) is 0.935. The van der Waals surface area contributed by atoms with E-state index < -0.39 is 0 Å². The Labute approximate surface area is 185 Å². The molecule has 1 unspecified atom stereocenters. The Morgan fingerprint density at radius 2 is 1.84 bits per heavy atom. The fourth-order valence-corrected chi connectivity index (χ4v) is 3.65. The highest BCUT2D eigenvalue weighted by molar-refractivity contribution is 5.81. The number of ether oxygens (including phenoxy) is 1. The molecule has 6 nitrogen and oxygen atoms in total. The van der Waals surface area contributed by atoms with Crippen LogP contribution in [0.15, 0.2) is 59.6 Å². The number of likely N-dealkylation sites (tertiary alicyclic amines) is 1. The van der Waals surface area contributed by atoms with Gasteiger partial charge in [0.15, 0.2) is 5.96 Å². The molecule has 0 saturated carbocycles. The van der Waals surface area contributed by atoms with E-state index in [-0.39, 0.29) is 17.9 Å². The maximum atomic E-state index is 12.3. The Morgan fingerprint density at radius 1 is 1.13 bits per heavy atom. The number of nitrogens with one attached hydrogen (secondary N) is 2. The van der Waals surface area contributed by atoms with Gasteiger partial charge in [-0.1, -0.05) is 56.3 Å². The van der Waals surface area contributed by atoms with Gasteiger partial charge < -0.3 is 20.3 Å². The summed E-state index contributed by atoms with van der Waals surface area (Å²) in [6.45, 7) is 9.34. The summed E-state index contributed by atoms with van der Waals surface area (Å²) in [6, 6.07) is 18.3. The molecular formula is C25H34N4O2. The van der Waals surface area contributed by atoms with Crippen LogP contribution >= 0.6 is 0 Å². The van der Waals surface area contributed by atoms with E-state index in [1.54, 1.807) is 0 Å². The van der Waals surface area contributed by atoms with Gasteiger partial charge in [0.2, 0.25) is 5.91 Å². The van der Waals surface area contributed by atoms with Gasteiger partial charge in [-0.3, -0.25) is 4.79 Å². The Hall–Kier alpha value is -3.02. The van der Waals surface area contributed by atoms with Crippen molar-refractivity contribution in [3.8, 4) is 5.75 Å². The Kier molecular flexibility index (Phi) is 8.33. The van der Waals surface area contributed by atoms with Crippen LogP contribution < -0.4 is 15.4 Å². The molecule has 166 valence electrons. The largest absolute Gasteiger partial charge is 0.489 e. The summed E-state index contributed by atoms with van der Waals surface area (Å²) in [5.74, 6) is 1.90. The third-order valence-corrected chi connectivity index (χ3v) is 5.34. The molecule has 31 heavy (non-hydrogen) atoms. The first-order valence-electron chi connectivity index (χ1n) is 11.1. The van der Waals surface area contributed by atoms with Gasteiger partial charge in [0, 0.05) is 31.6 Å². The number of carbonyl (C=O) groups excluding carboxylic acids is 1. The predicted octanol–water partition coefficient (Wildman–Crippen LogP) is 3.58. The van der Waals surface area contributed by atoms with Crippen molar-refractivity contribution in [3.05, 3.63) is 65.7 Å². The minimum atomic E-state index is 0.0373. The number of aliphatic imine (C=N–C) groups is 1. The molecule has 6 heteroatoms. The SMILES string of the molecule is CCNC(=NCc1ccccc1COc1ccccc1)NC1CCN(C(=O)C(C)C)C1. The van der Waals surface area contributed by atoms with E-state index in [1.807, 2.05) is 61.2 Å². The van der Waals surface area contributed by atoms with E-state index in [9.17, 15) is 4.79 Å². The van der Waals surface area contributed by atoms with Crippen molar-refractivity contribution in [1.29, 1.82) is 0 Å². The monoisotopic (exact) mass is 422 g/mol. The zero-order valence-electron chi connectivity index (χ0n) is 18.8. The number of amides is 1. The lowest BCUT2D eigenvalue weighted by Crippen LogP contribution is -2.45. The second kappa shape index (κ2) is 11.4. The standard InChI is InChI=1S/C25H34N4O2/c1-4-26-25(28-22-14-15-29(17-22)24(30)19(2)3)27-16-20-10-8-9-11-21(20)18-31-23-12-6-5-7-13-23/h5-13,19,22H,4,14-18H2,1-3H3,(H2,26,27,28). The molecular weight excluding hydrogens is 388 g/mol. The van der Waals surface area contributed by atoms with Crippen molar-refractivity contribution in [1.82, 2.24) is 15.5 Å². The van der Waals surface area contributed by atoms with Gasteiger partial charge in [-0.05, 0) is 36.6 Å². The van der Waals surface area contributed by atoms with Gasteiger partial charge in [0.25, 0.3) is 0 Å². The van der Waals surface area contributed by atoms with Crippen LogP contribution in [0.3, 0.4) is 0 Å². The third-order valence-electron chi connectivity index (χ3n) is 5.34. The van der Waals surface area contributed by atoms with Crippen molar-refractivity contribution >= 4 is 11.9 Å². The third kappa shape index (κ3) is 6.74.